The predicted octanol–water partition coefficient (Wildman–Crippen LogP) is 2.00. The molecule has 0 saturated carbocycles. The zero-order valence-corrected chi connectivity index (χ0v) is 14.6. The molecule has 0 fully saturated rings. The Morgan fingerprint density at radius 2 is 1.81 bits per heavy atom. The molecule has 0 saturated heterocycles. The van der Waals surface area contributed by atoms with E-state index < -0.39 is 5.91 Å². The Morgan fingerprint density at radius 1 is 1.04 bits per heavy atom. The van der Waals surface area contributed by atoms with E-state index in [1.165, 1.54) is 6.21 Å². The van der Waals surface area contributed by atoms with Gasteiger partial charge in [-0.2, -0.15) is 5.10 Å². The minimum atomic E-state index is -0.426. The van der Waals surface area contributed by atoms with E-state index in [1.807, 2.05) is 36.4 Å². The standard InChI is InChI=1S/C20H19N3O4/c24-19(23-22-10-4-7-15-5-2-1-3-6-15)14-21-20(25)16-8-9-17-18(13-16)27-12-11-26-17/h1-10,13H,11-12,14H2,(H,21,25)(H,23,24)/b7-4+,22-10-. The fourth-order valence-corrected chi connectivity index (χ4v) is 2.36. The second-order valence-electron chi connectivity index (χ2n) is 5.62. The second-order valence-corrected chi connectivity index (χ2v) is 5.62. The zero-order chi connectivity index (χ0) is 18.9. The Morgan fingerprint density at radius 3 is 2.63 bits per heavy atom. The largest absolute Gasteiger partial charge is 0.486 e. The highest BCUT2D eigenvalue weighted by molar-refractivity contribution is 5.97. The van der Waals surface area contributed by atoms with Crippen LogP contribution in [0.15, 0.2) is 59.7 Å². The van der Waals surface area contributed by atoms with Gasteiger partial charge in [0.05, 0.1) is 6.54 Å². The van der Waals surface area contributed by atoms with Gasteiger partial charge in [-0.3, -0.25) is 9.59 Å². The van der Waals surface area contributed by atoms with Crippen LogP contribution in [0.25, 0.3) is 6.08 Å². The number of nitrogens with one attached hydrogen (secondary N) is 2. The van der Waals surface area contributed by atoms with Gasteiger partial charge in [-0.1, -0.05) is 36.4 Å². The number of hydrazone groups is 1. The summed E-state index contributed by atoms with van der Waals surface area (Å²) in [4.78, 5) is 23.9. The van der Waals surface area contributed by atoms with Gasteiger partial charge in [-0.05, 0) is 29.8 Å². The maximum Gasteiger partial charge on any atom is 0.259 e. The molecule has 0 radical (unpaired) electrons. The molecule has 0 spiro atoms. The van der Waals surface area contributed by atoms with Crippen LogP contribution in [-0.2, 0) is 4.79 Å². The molecule has 3 rings (SSSR count). The van der Waals surface area contributed by atoms with Gasteiger partial charge in [0, 0.05) is 11.8 Å². The van der Waals surface area contributed by atoms with E-state index in [0.717, 1.165) is 5.56 Å². The highest BCUT2D eigenvalue weighted by Crippen LogP contribution is 2.30. The third-order valence-electron chi connectivity index (χ3n) is 3.65. The highest BCUT2D eigenvalue weighted by atomic mass is 16.6. The van der Waals surface area contributed by atoms with Crippen molar-refractivity contribution >= 4 is 24.1 Å². The molecule has 1 aliphatic heterocycles. The van der Waals surface area contributed by atoms with Gasteiger partial charge in [0.15, 0.2) is 11.5 Å². The molecule has 0 aliphatic carbocycles. The van der Waals surface area contributed by atoms with Gasteiger partial charge >= 0.3 is 0 Å². The number of rotatable bonds is 6. The lowest BCUT2D eigenvalue weighted by molar-refractivity contribution is -0.120. The molecule has 0 aromatic heterocycles. The Labute approximate surface area is 156 Å². The van der Waals surface area contributed by atoms with Gasteiger partial charge in [0.1, 0.15) is 13.2 Å². The van der Waals surface area contributed by atoms with Gasteiger partial charge < -0.3 is 14.8 Å². The summed E-state index contributed by atoms with van der Waals surface area (Å²) in [5, 5.41) is 6.33. The molecule has 27 heavy (non-hydrogen) atoms. The van der Waals surface area contributed by atoms with Crippen molar-refractivity contribution < 1.29 is 19.1 Å². The first-order valence-corrected chi connectivity index (χ1v) is 8.44. The second kappa shape index (κ2) is 9.19. The van der Waals surface area contributed by atoms with E-state index in [1.54, 1.807) is 24.3 Å². The van der Waals surface area contributed by atoms with E-state index in [4.69, 9.17) is 9.47 Å². The monoisotopic (exact) mass is 365 g/mol. The summed E-state index contributed by atoms with van der Waals surface area (Å²) >= 11 is 0. The average Bonchev–Trinajstić information content (AvgIpc) is 2.72. The number of fused-ring (bicyclic) bond motifs is 1. The summed E-state index contributed by atoms with van der Waals surface area (Å²) < 4.78 is 10.8. The summed E-state index contributed by atoms with van der Waals surface area (Å²) in [7, 11) is 0. The molecular formula is C20H19N3O4. The van der Waals surface area contributed by atoms with Crippen LogP contribution in [0.3, 0.4) is 0 Å². The van der Waals surface area contributed by atoms with Gasteiger partial charge in [0.25, 0.3) is 11.8 Å². The molecule has 1 heterocycles. The number of hydrogen-bond donors (Lipinski definition) is 2. The molecule has 0 atom stereocenters. The molecular weight excluding hydrogens is 346 g/mol. The summed E-state index contributed by atoms with van der Waals surface area (Å²) in [6.45, 7) is 0.740. The van der Waals surface area contributed by atoms with Crippen molar-refractivity contribution in [1.82, 2.24) is 10.7 Å². The van der Waals surface area contributed by atoms with Gasteiger partial charge in [-0.15, -0.1) is 0 Å². The highest BCUT2D eigenvalue weighted by Gasteiger charge is 2.15. The van der Waals surface area contributed by atoms with Crippen LogP contribution in [0.5, 0.6) is 11.5 Å². The molecule has 2 amide bonds. The zero-order valence-electron chi connectivity index (χ0n) is 14.6. The minimum Gasteiger partial charge on any atom is -0.486 e. The first kappa shape index (κ1) is 18.2. The van der Waals surface area contributed by atoms with Crippen molar-refractivity contribution in [3.05, 3.63) is 65.7 Å². The summed E-state index contributed by atoms with van der Waals surface area (Å²) in [6.07, 6.45) is 5.04. The molecule has 7 heteroatoms. The normalized spacial score (nSPS) is 12.9. The van der Waals surface area contributed by atoms with Crippen LogP contribution in [-0.4, -0.2) is 37.8 Å². The first-order chi connectivity index (χ1) is 13.2. The maximum atomic E-state index is 12.1. The molecule has 7 nitrogen and oxygen atoms in total. The summed E-state index contributed by atoms with van der Waals surface area (Å²) in [5.41, 5.74) is 3.77. The Hall–Kier alpha value is -3.61. The number of benzene rings is 2. The van der Waals surface area contributed by atoms with E-state index in [9.17, 15) is 9.59 Å². The molecule has 0 bridgehead atoms. The Bertz CT molecular complexity index is 863. The summed E-state index contributed by atoms with van der Waals surface area (Å²) in [6, 6.07) is 14.6. The lowest BCUT2D eigenvalue weighted by Crippen LogP contribution is -2.34. The Balaban J connectivity index is 1.43. The quantitative estimate of drug-likeness (QED) is 0.605. The van der Waals surface area contributed by atoms with Crippen LogP contribution in [0, 0.1) is 0 Å². The molecule has 138 valence electrons. The van der Waals surface area contributed by atoms with Crippen molar-refractivity contribution in [1.29, 1.82) is 0 Å². The topological polar surface area (TPSA) is 89.0 Å². The van der Waals surface area contributed by atoms with E-state index >= 15 is 0 Å². The first-order valence-electron chi connectivity index (χ1n) is 8.44. The fraction of sp³-hybridized carbons (Fsp3) is 0.150. The van der Waals surface area contributed by atoms with Crippen molar-refractivity contribution in [2.24, 2.45) is 5.10 Å². The van der Waals surface area contributed by atoms with Crippen LogP contribution >= 0.6 is 0 Å². The molecule has 2 N–H and O–H groups in total. The number of amides is 2. The van der Waals surface area contributed by atoms with Gasteiger partial charge in [0.2, 0.25) is 0 Å². The van der Waals surface area contributed by atoms with Crippen LogP contribution in [0.2, 0.25) is 0 Å². The third kappa shape index (κ3) is 5.43. The minimum absolute atomic E-state index is 0.187. The smallest absolute Gasteiger partial charge is 0.259 e. The molecule has 2 aromatic rings. The predicted molar refractivity (Wildman–Crippen MR) is 102 cm³/mol. The van der Waals surface area contributed by atoms with Crippen LogP contribution < -0.4 is 20.2 Å². The number of hydrogen-bond acceptors (Lipinski definition) is 5. The number of ether oxygens (including phenoxy) is 2. The molecule has 0 unspecified atom stereocenters. The third-order valence-corrected chi connectivity index (χ3v) is 3.65. The van der Waals surface area contributed by atoms with Crippen molar-refractivity contribution in [3.8, 4) is 11.5 Å². The number of carbonyl (C=O) groups is 2. The fourth-order valence-electron chi connectivity index (χ4n) is 2.36. The van der Waals surface area contributed by atoms with Crippen LogP contribution in [0.4, 0.5) is 0 Å². The summed E-state index contributed by atoms with van der Waals surface area (Å²) in [5.74, 6) is 0.321. The molecule has 2 aromatic carbocycles. The van der Waals surface area contributed by atoms with E-state index in [-0.39, 0.29) is 12.5 Å². The lowest BCUT2D eigenvalue weighted by atomic mass is 10.2. The maximum absolute atomic E-state index is 12.1. The van der Waals surface area contributed by atoms with Crippen molar-refractivity contribution in [2.45, 2.75) is 0 Å². The van der Waals surface area contributed by atoms with Crippen molar-refractivity contribution in [3.63, 3.8) is 0 Å². The molecule has 1 aliphatic rings. The van der Waals surface area contributed by atoms with Crippen molar-refractivity contribution in [2.75, 3.05) is 19.8 Å². The Kier molecular flexibility index (Phi) is 6.19. The number of nitrogens with zero attached hydrogens (tertiary/aromatic N) is 1. The number of allylic oxidation sites excluding steroid dienone is 1. The SMILES string of the molecule is O=C(CNC(=O)c1ccc2c(c1)OCCO2)N/N=C\C=C\c1ccccc1. The lowest BCUT2D eigenvalue weighted by Gasteiger charge is -2.18. The van der Waals surface area contributed by atoms with E-state index in [2.05, 4.69) is 15.8 Å². The van der Waals surface area contributed by atoms with Crippen LogP contribution in [0.1, 0.15) is 15.9 Å². The van der Waals surface area contributed by atoms with Gasteiger partial charge in [-0.25, -0.2) is 5.43 Å². The van der Waals surface area contributed by atoms with E-state index in [0.29, 0.717) is 30.3 Å². The number of carbonyl (C=O) groups excluding carboxylic acids is 2. The average molecular weight is 365 g/mol.